The van der Waals surface area contributed by atoms with Gasteiger partial charge in [0, 0.05) is 31.2 Å². The van der Waals surface area contributed by atoms with Crippen LogP contribution in [0.5, 0.6) is 0 Å². The Morgan fingerprint density at radius 1 is 1.09 bits per heavy atom. The summed E-state index contributed by atoms with van der Waals surface area (Å²) in [5, 5.41) is 3.43. The number of aryl methyl sites for hydroxylation is 1. The van der Waals surface area contributed by atoms with Gasteiger partial charge in [-0.1, -0.05) is 33.8 Å². The van der Waals surface area contributed by atoms with Crippen LogP contribution in [0.3, 0.4) is 0 Å². The van der Waals surface area contributed by atoms with Gasteiger partial charge in [0.15, 0.2) is 0 Å². The molecule has 1 amide bonds. The van der Waals surface area contributed by atoms with E-state index in [-0.39, 0.29) is 17.4 Å². The highest BCUT2D eigenvalue weighted by atomic mass is 16.1. The van der Waals surface area contributed by atoms with Gasteiger partial charge in [-0.3, -0.25) is 14.2 Å². The van der Waals surface area contributed by atoms with Crippen molar-refractivity contribution in [2.75, 3.05) is 6.54 Å². The van der Waals surface area contributed by atoms with Crippen molar-refractivity contribution in [1.82, 2.24) is 24.8 Å². The first-order valence-electron chi connectivity index (χ1n) is 11.1. The van der Waals surface area contributed by atoms with E-state index in [1.54, 1.807) is 12.4 Å². The molecule has 32 heavy (non-hydrogen) atoms. The fraction of sp³-hybridized carbons (Fsp3) is 0.400. The molecule has 3 aromatic rings. The van der Waals surface area contributed by atoms with Crippen LogP contribution in [-0.2, 0) is 11.2 Å². The second-order valence-electron chi connectivity index (χ2n) is 8.58. The molecule has 0 fully saturated rings. The fourth-order valence-corrected chi connectivity index (χ4v) is 3.51. The number of nitrogens with zero attached hydrogens (tertiary/aromatic N) is 4. The lowest BCUT2D eigenvalue weighted by Crippen LogP contribution is -2.23. The second kappa shape index (κ2) is 10.8. The van der Waals surface area contributed by atoms with Crippen LogP contribution in [0.4, 0.5) is 0 Å². The van der Waals surface area contributed by atoms with E-state index in [2.05, 4.69) is 54.0 Å². The average Bonchev–Trinajstić information content (AvgIpc) is 2.78. The van der Waals surface area contributed by atoms with E-state index in [1.165, 1.54) is 29.5 Å². The molecule has 1 N–H and O–H groups in total. The lowest BCUT2D eigenvalue weighted by Gasteiger charge is -2.14. The molecule has 0 saturated heterocycles. The molecule has 0 bridgehead atoms. The number of amides is 1. The summed E-state index contributed by atoms with van der Waals surface area (Å²) in [6.45, 7) is 8.99. The van der Waals surface area contributed by atoms with Gasteiger partial charge in [-0.15, -0.1) is 0 Å². The zero-order chi connectivity index (χ0) is 23.1. The van der Waals surface area contributed by atoms with Crippen LogP contribution >= 0.6 is 0 Å². The first-order valence-corrected chi connectivity index (χ1v) is 11.1. The molecule has 2 aromatic heterocycles. The Morgan fingerprint density at radius 3 is 2.53 bits per heavy atom. The number of nitrogens with one attached hydrogen (secondary N) is 1. The van der Waals surface area contributed by atoms with Crippen molar-refractivity contribution in [3.63, 3.8) is 0 Å². The molecule has 7 nitrogen and oxygen atoms in total. The molecule has 0 spiro atoms. The van der Waals surface area contributed by atoms with Crippen molar-refractivity contribution in [3.05, 3.63) is 70.3 Å². The van der Waals surface area contributed by atoms with Crippen LogP contribution in [0.15, 0.2) is 48.1 Å². The molecule has 168 valence electrons. The molecule has 0 atom stereocenters. The van der Waals surface area contributed by atoms with Crippen molar-refractivity contribution in [2.24, 2.45) is 0 Å². The van der Waals surface area contributed by atoms with Crippen molar-refractivity contribution in [1.29, 1.82) is 0 Å². The number of hydrogen-bond donors (Lipinski definition) is 1. The monoisotopic (exact) mass is 433 g/mol. The number of unbranched alkanes of at least 4 members (excludes halogenated alkanes) is 1. The maximum atomic E-state index is 13.1. The summed E-state index contributed by atoms with van der Waals surface area (Å²) in [5.41, 5.74) is 3.82. The van der Waals surface area contributed by atoms with Gasteiger partial charge in [0.1, 0.15) is 12.7 Å². The van der Waals surface area contributed by atoms with E-state index >= 15 is 0 Å². The average molecular weight is 434 g/mol. The maximum Gasteiger partial charge on any atom is 0.265 e. The fourth-order valence-electron chi connectivity index (χ4n) is 3.51. The zero-order valence-corrected chi connectivity index (χ0v) is 19.2. The summed E-state index contributed by atoms with van der Waals surface area (Å²) < 4.78 is 1.37. The standard InChI is InChI=1S/C25H31N5O2/c1-17(2)20-11-21(18(3)4)24-22(12-20)25(32)30(16-29-24)10-8-23(31)28-9-6-5-7-19-13-26-15-27-14-19/h8,10-18H,5-7,9H2,1-4H3,(H,28,31). The van der Waals surface area contributed by atoms with Crippen LogP contribution < -0.4 is 10.9 Å². The van der Waals surface area contributed by atoms with Crippen LogP contribution in [0.25, 0.3) is 17.1 Å². The molecule has 3 rings (SSSR count). The van der Waals surface area contributed by atoms with Crippen LogP contribution in [0.2, 0.25) is 0 Å². The van der Waals surface area contributed by atoms with Crippen molar-refractivity contribution >= 4 is 23.0 Å². The van der Waals surface area contributed by atoms with Crippen molar-refractivity contribution in [2.45, 2.75) is 58.8 Å². The molecule has 7 heteroatoms. The minimum absolute atomic E-state index is 0.173. The second-order valence-corrected chi connectivity index (χ2v) is 8.58. The van der Waals surface area contributed by atoms with Gasteiger partial charge in [-0.25, -0.2) is 15.0 Å². The topological polar surface area (TPSA) is 89.8 Å². The highest BCUT2D eigenvalue weighted by molar-refractivity contribution is 5.90. The molecular formula is C25H31N5O2. The van der Waals surface area contributed by atoms with Gasteiger partial charge in [0.05, 0.1) is 10.9 Å². The third-order valence-corrected chi connectivity index (χ3v) is 5.42. The number of aromatic nitrogens is 4. The molecule has 0 aliphatic rings. The van der Waals surface area contributed by atoms with Gasteiger partial charge in [0.25, 0.3) is 5.56 Å². The Morgan fingerprint density at radius 2 is 1.84 bits per heavy atom. The molecule has 0 aliphatic carbocycles. The van der Waals surface area contributed by atoms with Gasteiger partial charge >= 0.3 is 0 Å². The van der Waals surface area contributed by atoms with E-state index in [9.17, 15) is 9.59 Å². The number of carbonyl (C=O) groups excluding carboxylic acids is 1. The smallest absolute Gasteiger partial charge is 0.265 e. The Kier molecular flexibility index (Phi) is 7.87. The Bertz CT molecular complexity index is 1150. The number of fused-ring (bicyclic) bond motifs is 1. The summed E-state index contributed by atoms with van der Waals surface area (Å²) in [7, 11) is 0. The van der Waals surface area contributed by atoms with E-state index in [4.69, 9.17) is 0 Å². The van der Waals surface area contributed by atoms with Crippen molar-refractivity contribution < 1.29 is 4.79 Å². The SMILES string of the molecule is CC(C)c1cc(C(C)C)c2ncn(C=CC(=O)NCCCCc3cncnc3)c(=O)c2c1. The molecule has 0 saturated carbocycles. The first-order chi connectivity index (χ1) is 15.4. The number of hydrogen-bond acceptors (Lipinski definition) is 5. The summed E-state index contributed by atoms with van der Waals surface area (Å²) in [6, 6.07) is 4.06. The van der Waals surface area contributed by atoms with Crippen LogP contribution in [0.1, 0.15) is 69.1 Å². The molecule has 0 radical (unpaired) electrons. The van der Waals surface area contributed by atoms with E-state index in [0.29, 0.717) is 17.8 Å². The number of carbonyl (C=O) groups is 1. The first kappa shape index (κ1) is 23.3. The molecular weight excluding hydrogens is 402 g/mol. The quantitative estimate of drug-likeness (QED) is 0.406. The Hall–Kier alpha value is -3.35. The molecule has 0 unspecified atom stereocenters. The van der Waals surface area contributed by atoms with Gasteiger partial charge in [-0.2, -0.15) is 0 Å². The number of benzene rings is 1. The van der Waals surface area contributed by atoms with Crippen molar-refractivity contribution in [3.8, 4) is 0 Å². The summed E-state index contributed by atoms with van der Waals surface area (Å²) in [5.74, 6) is 0.328. The van der Waals surface area contributed by atoms with Crippen LogP contribution in [0, 0.1) is 0 Å². The zero-order valence-electron chi connectivity index (χ0n) is 19.2. The minimum atomic E-state index is -0.237. The molecule has 0 aliphatic heterocycles. The van der Waals surface area contributed by atoms with Crippen LogP contribution in [-0.4, -0.2) is 32.0 Å². The predicted octanol–water partition coefficient (Wildman–Crippen LogP) is 4.04. The lowest BCUT2D eigenvalue weighted by atomic mass is 9.93. The summed E-state index contributed by atoms with van der Waals surface area (Å²) >= 11 is 0. The predicted molar refractivity (Wildman–Crippen MR) is 127 cm³/mol. The maximum absolute atomic E-state index is 13.1. The Labute approximate surface area is 188 Å². The van der Waals surface area contributed by atoms with Gasteiger partial charge < -0.3 is 5.32 Å². The van der Waals surface area contributed by atoms with Gasteiger partial charge in [-0.05, 0) is 53.9 Å². The largest absolute Gasteiger partial charge is 0.353 e. The highest BCUT2D eigenvalue weighted by Crippen LogP contribution is 2.27. The normalized spacial score (nSPS) is 11.7. The molecule has 1 aromatic carbocycles. The van der Waals surface area contributed by atoms with Gasteiger partial charge in [0.2, 0.25) is 5.91 Å². The summed E-state index contributed by atoms with van der Waals surface area (Å²) in [6.07, 6.45) is 12.1. The number of rotatable bonds is 9. The third-order valence-electron chi connectivity index (χ3n) is 5.42. The highest BCUT2D eigenvalue weighted by Gasteiger charge is 2.14. The summed E-state index contributed by atoms with van der Waals surface area (Å²) in [4.78, 5) is 37.7. The third kappa shape index (κ3) is 5.87. The molecule has 2 heterocycles. The lowest BCUT2D eigenvalue weighted by molar-refractivity contribution is -0.116. The van der Waals surface area contributed by atoms with E-state index in [1.807, 2.05) is 6.07 Å². The van der Waals surface area contributed by atoms with E-state index < -0.39 is 0 Å². The minimum Gasteiger partial charge on any atom is -0.353 e. The Balaban J connectivity index is 1.65. The van der Waals surface area contributed by atoms with E-state index in [0.717, 1.165) is 41.5 Å².